The summed E-state index contributed by atoms with van der Waals surface area (Å²) in [6, 6.07) is 0. The molecule has 0 saturated carbocycles. The highest BCUT2D eigenvalue weighted by atomic mass is 16.6. The van der Waals surface area contributed by atoms with Crippen molar-refractivity contribution in [2.75, 3.05) is 19.6 Å². The Labute approximate surface area is 59.1 Å². The van der Waals surface area contributed by atoms with Crippen LogP contribution in [0.4, 0.5) is 0 Å². The van der Waals surface area contributed by atoms with Crippen molar-refractivity contribution in [1.82, 2.24) is 5.01 Å². The van der Waals surface area contributed by atoms with Crippen LogP contribution in [0.25, 0.3) is 0 Å². The van der Waals surface area contributed by atoms with Gasteiger partial charge < -0.3 is 16.1 Å². The minimum atomic E-state index is 0.118. The van der Waals surface area contributed by atoms with Gasteiger partial charge in [-0.2, -0.15) is 0 Å². The third kappa shape index (κ3) is 2.49. The van der Waals surface area contributed by atoms with Crippen molar-refractivity contribution in [3.05, 3.63) is 5.21 Å². The molecule has 10 heavy (non-hydrogen) atoms. The molecular formula is C4H12N4O2. The summed E-state index contributed by atoms with van der Waals surface area (Å²) < 4.78 is 0. The molecule has 0 amide bonds. The zero-order valence-corrected chi connectivity index (χ0v) is 5.90. The van der Waals surface area contributed by atoms with E-state index in [1.807, 2.05) is 0 Å². The highest BCUT2D eigenvalue weighted by Gasteiger charge is 2.06. The van der Waals surface area contributed by atoms with Crippen LogP contribution in [0.5, 0.6) is 0 Å². The fourth-order valence-electron chi connectivity index (χ4n) is 0.570. The average molecular weight is 148 g/mol. The fraction of sp³-hybridized carbons (Fsp3) is 1.00. The maximum Gasteiger partial charge on any atom is 0.230 e. The molecule has 0 unspecified atom stereocenters. The molecule has 0 aliphatic carbocycles. The Morgan fingerprint density at radius 1 is 1.80 bits per heavy atom. The van der Waals surface area contributed by atoms with Crippen LogP contribution in [0.15, 0.2) is 5.28 Å². The van der Waals surface area contributed by atoms with Crippen molar-refractivity contribution in [3.63, 3.8) is 0 Å². The van der Waals surface area contributed by atoms with Crippen molar-refractivity contribution in [2.24, 2.45) is 11.0 Å². The van der Waals surface area contributed by atoms with Gasteiger partial charge in [0.25, 0.3) is 0 Å². The summed E-state index contributed by atoms with van der Waals surface area (Å²) in [6.07, 6.45) is 0. The molecule has 0 rings (SSSR count). The Morgan fingerprint density at radius 2 is 2.40 bits per heavy atom. The van der Waals surface area contributed by atoms with E-state index in [1.165, 1.54) is 5.01 Å². The van der Waals surface area contributed by atoms with Crippen LogP contribution >= 0.6 is 0 Å². The number of rotatable bonds is 4. The largest absolute Gasteiger partial charge is 0.569 e. The first-order chi connectivity index (χ1) is 4.76. The Hall–Kier alpha value is -1.04. The molecule has 0 fully saturated rings. The molecule has 0 aliphatic heterocycles. The molecule has 60 valence electrons. The summed E-state index contributed by atoms with van der Waals surface area (Å²) in [5, 5.41) is 22.2. The summed E-state index contributed by atoms with van der Waals surface area (Å²) in [5.41, 5.74) is 5.17. The number of hydrogen-bond acceptors (Lipinski definition) is 3. The van der Waals surface area contributed by atoms with E-state index in [-0.39, 0.29) is 4.97 Å². The SMILES string of the molecule is CCN(CCN)/[N+]([O-])=N/O. The molecule has 0 radical (unpaired) electrons. The lowest BCUT2D eigenvalue weighted by molar-refractivity contribution is -0.708. The summed E-state index contributed by atoms with van der Waals surface area (Å²) in [6.45, 7) is 3.00. The van der Waals surface area contributed by atoms with Gasteiger partial charge in [0.15, 0.2) is 0 Å². The predicted octanol–water partition coefficient (Wildman–Crippen LogP) is -0.466. The van der Waals surface area contributed by atoms with Gasteiger partial charge in [-0.25, -0.2) is 0 Å². The number of likely N-dealkylation sites (N-methyl/N-ethyl adjacent to an activating group) is 1. The fourth-order valence-corrected chi connectivity index (χ4v) is 0.570. The van der Waals surface area contributed by atoms with Gasteiger partial charge in [0.2, 0.25) is 5.28 Å². The van der Waals surface area contributed by atoms with Crippen molar-refractivity contribution >= 4 is 0 Å². The molecule has 3 N–H and O–H groups in total. The molecule has 0 saturated heterocycles. The smallest absolute Gasteiger partial charge is 0.230 e. The molecule has 6 nitrogen and oxygen atoms in total. The van der Waals surface area contributed by atoms with Gasteiger partial charge in [0.1, 0.15) is 0 Å². The number of nitrogens with zero attached hydrogens (tertiary/aromatic N) is 3. The second-order valence-corrected chi connectivity index (χ2v) is 1.68. The Bertz CT molecular complexity index is 116. The third-order valence-corrected chi connectivity index (χ3v) is 1.07. The van der Waals surface area contributed by atoms with E-state index in [0.717, 1.165) is 0 Å². The van der Waals surface area contributed by atoms with E-state index in [0.29, 0.717) is 19.6 Å². The lowest BCUT2D eigenvalue weighted by atomic mass is 10.6. The second kappa shape index (κ2) is 4.80. The van der Waals surface area contributed by atoms with E-state index < -0.39 is 0 Å². The third-order valence-electron chi connectivity index (χ3n) is 1.07. The van der Waals surface area contributed by atoms with Gasteiger partial charge in [-0.1, -0.05) is 0 Å². The van der Waals surface area contributed by atoms with Crippen LogP contribution in [-0.2, 0) is 0 Å². The maximum atomic E-state index is 10.5. The zero-order valence-electron chi connectivity index (χ0n) is 5.90. The first-order valence-electron chi connectivity index (χ1n) is 3.03. The van der Waals surface area contributed by atoms with Crippen LogP contribution in [0, 0.1) is 5.21 Å². The summed E-state index contributed by atoms with van der Waals surface area (Å²) >= 11 is 0. The van der Waals surface area contributed by atoms with Gasteiger partial charge in [0, 0.05) is 6.54 Å². The minimum Gasteiger partial charge on any atom is -0.569 e. The average Bonchev–Trinajstić information content (AvgIpc) is 1.99. The van der Waals surface area contributed by atoms with Crippen LogP contribution in [-0.4, -0.2) is 34.8 Å². The first kappa shape index (κ1) is 8.96. The molecule has 6 heteroatoms. The van der Waals surface area contributed by atoms with Crippen LogP contribution in [0.1, 0.15) is 6.92 Å². The van der Waals surface area contributed by atoms with E-state index in [2.05, 4.69) is 5.28 Å². The van der Waals surface area contributed by atoms with E-state index in [9.17, 15) is 5.21 Å². The van der Waals surface area contributed by atoms with Crippen LogP contribution in [0.2, 0.25) is 0 Å². The summed E-state index contributed by atoms with van der Waals surface area (Å²) in [4.78, 5) is 0.118. The van der Waals surface area contributed by atoms with Crippen LogP contribution < -0.4 is 5.73 Å². The first-order valence-corrected chi connectivity index (χ1v) is 3.03. The predicted molar refractivity (Wildman–Crippen MR) is 34.1 cm³/mol. The molecule has 0 aromatic rings. The van der Waals surface area contributed by atoms with E-state index in [4.69, 9.17) is 10.9 Å². The van der Waals surface area contributed by atoms with Crippen LogP contribution in [0.3, 0.4) is 0 Å². The van der Waals surface area contributed by atoms with Gasteiger partial charge >= 0.3 is 0 Å². The molecular weight excluding hydrogens is 136 g/mol. The molecule has 0 heterocycles. The van der Waals surface area contributed by atoms with Gasteiger partial charge in [-0.3, -0.25) is 0 Å². The van der Waals surface area contributed by atoms with Gasteiger partial charge in [-0.05, 0) is 6.92 Å². The van der Waals surface area contributed by atoms with Gasteiger partial charge in [-0.15, -0.1) is 5.01 Å². The summed E-state index contributed by atoms with van der Waals surface area (Å²) in [5.74, 6) is 0. The normalized spacial score (nSPS) is 11.6. The monoisotopic (exact) mass is 148 g/mol. The standard InChI is InChI=1S/C4H12N4O2/c1-2-7(4-3-5)8(10)6-9/h9H,2-5H2,1H3/b8-6-. The van der Waals surface area contributed by atoms with E-state index in [1.54, 1.807) is 6.92 Å². The number of nitrogens with two attached hydrogens (primary N) is 1. The minimum absolute atomic E-state index is 0.118. The maximum absolute atomic E-state index is 10.5. The Kier molecular flexibility index (Phi) is 4.30. The Balaban J connectivity index is 3.80. The lowest BCUT2D eigenvalue weighted by Gasteiger charge is -2.13. The van der Waals surface area contributed by atoms with Crippen molar-refractivity contribution in [3.8, 4) is 0 Å². The van der Waals surface area contributed by atoms with E-state index >= 15 is 0 Å². The molecule has 0 bridgehead atoms. The van der Waals surface area contributed by atoms with Gasteiger partial charge in [0.05, 0.1) is 18.1 Å². The molecule has 0 aliphatic rings. The van der Waals surface area contributed by atoms with Crippen molar-refractivity contribution in [2.45, 2.75) is 6.92 Å². The number of hydrogen-bond donors (Lipinski definition) is 2. The Morgan fingerprint density at radius 3 is 2.70 bits per heavy atom. The van der Waals surface area contributed by atoms with Crippen molar-refractivity contribution in [1.29, 1.82) is 0 Å². The topological polar surface area (TPSA) is 87.9 Å². The van der Waals surface area contributed by atoms with Crippen molar-refractivity contribution < 1.29 is 10.2 Å². The quantitative estimate of drug-likeness (QED) is 0.320. The highest BCUT2D eigenvalue weighted by molar-refractivity contribution is 4.39. The lowest BCUT2D eigenvalue weighted by Crippen LogP contribution is -2.34. The number of hydrazine groups is 1. The second-order valence-electron chi connectivity index (χ2n) is 1.68. The molecule has 0 spiro atoms. The zero-order chi connectivity index (χ0) is 7.98. The molecule has 0 aromatic heterocycles. The molecule has 0 atom stereocenters. The highest BCUT2D eigenvalue weighted by Crippen LogP contribution is 1.86. The molecule has 0 aromatic carbocycles. The summed E-state index contributed by atoms with van der Waals surface area (Å²) in [7, 11) is 0.